The summed E-state index contributed by atoms with van der Waals surface area (Å²) in [5, 5.41) is 5.62. The van der Waals surface area contributed by atoms with E-state index in [1.807, 2.05) is 24.5 Å². The third kappa shape index (κ3) is 3.67. The van der Waals surface area contributed by atoms with Crippen molar-refractivity contribution in [2.75, 3.05) is 24.4 Å². The Balaban J connectivity index is 2.16. The van der Waals surface area contributed by atoms with Crippen molar-refractivity contribution in [2.45, 2.75) is 12.5 Å². The van der Waals surface area contributed by atoms with Gasteiger partial charge < -0.3 is 10.1 Å². The zero-order valence-corrected chi connectivity index (χ0v) is 12.6. The van der Waals surface area contributed by atoms with Gasteiger partial charge in [0.2, 0.25) is 0 Å². The molecule has 1 atom stereocenters. The number of carbonyl (C=O) groups excluding carboxylic acids is 1. The highest BCUT2D eigenvalue weighted by atomic mass is 32.2. The number of thioether (sulfide) groups is 1. The lowest BCUT2D eigenvalue weighted by atomic mass is 10.1. The van der Waals surface area contributed by atoms with Gasteiger partial charge in [0.25, 0.3) is 0 Å². The van der Waals surface area contributed by atoms with Crippen molar-refractivity contribution in [2.24, 2.45) is 0 Å². The van der Waals surface area contributed by atoms with Crippen molar-refractivity contribution >= 4 is 34.2 Å². The van der Waals surface area contributed by atoms with E-state index in [9.17, 15) is 4.79 Å². The molecule has 0 amide bonds. The van der Waals surface area contributed by atoms with E-state index < -0.39 is 0 Å². The third-order valence-electron chi connectivity index (χ3n) is 3.19. The molecule has 0 saturated heterocycles. The summed E-state index contributed by atoms with van der Waals surface area (Å²) in [5.41, 5.74) is 0.945. The molecule has 0 aliphatic carbocycles. The smallest absolute Gasteiger partial charge is 0.328 e. The summed E-state index contributed by atoms with van der Waals surface area (Å²) in [5.74, 6) is 0.701. The first-order chi connectivity index (χ1) is 9.74. The summed E-state index contributed by atoms with van der Waals surface area (Å²) in [4.78, 5) is 11.8. The molecule has 0 aliphatic rings. The van der Waals surface area contributed by atoms with Crippen LogP contribution in [0.15, 0.2) is 42.5 Å². The number of nitrogens with one attached hydrogen (secondary N) is 1. The minimum Gasteiger partial charge on any atom is -0.467 e. The van der Waals surface area contributed by atoms with Gasteiger partial charge in [0, 0.05) is 5.69 Å². The Kier molecular flexibility index (Phi) is 5.30. The van der Waals surface area contributed by atoms with E-state index in [1.165, 1.54) is 12.5 Å². The highest BCUT2D eigenvalue weighted by molar-refractivity contribution is 7.98. The molecule has 0 aromatic heterocycles. The maximum absolute atomic E-state index is 11.8. The Bertz CT molecular complexity index is 585. The maximum Gasteiger partial charge on any atom is 0.328 e. The van der Waals surface area contributed by atoms with Crippen molar-refractivity contribution in [1.82, 2.24) is 0 Å². The largest absolute Gasteiger partial charge is 0.467 e. The molecule has 2 aromatic rings. The number of ether oxygens (including phenoxy) is 1. The summed E-state index contributed by atoms with van der Waals surface area (Å²) in [7, 11) is 1.43. The number of benzene rings is 2. The van der Waals surface area contributed by atoms with E-state index in [0.717, 1.165) is 23.2 Å². The number of esters is 1. The first-order valence-corrected chi connectivity index (χ1v) is 7.96. The van der Waals surface area contributed by atoms with Crippen molar-refractivity contribution in [3.05, 3.63) is 42.5 Å². The molecule has 0 radical (unpaired) electrons. The van der Waals surface area contributed by atoms with Gasteiger partial charge in [-0.1, -0.05) is 30.3 Å². The van der Waals surface area contributed by atoms with Crippen LogP contribution in [0.2, 0.25) is 0 Å². The minimum absolute atomic E-state index is 0.216. The second kappa shape index (κ2) is 7.20. The van der Waals surface area contributed by atoms with Crippen molar-refractivity contribution in [3.8, 4) is 0 Å². The summed E-state index contributed by atoms with van der Waals surface area (Å²) in [6, 6.07) is 14.0. The molecular weight excluding hydrogens is 270 g/mol. The number of fused-ring (bicyclic) bond motifs is 1. The van der Waals surface area contributed by atoms with Gasteiger partial charge in [-0.05, 0) is 41.3 Å². The maximum atomic E-state index is 11.8. The van der Waals surface area contributed by atoms with Crippen LogP contribution in [0, 0.1) is 0 Å². The van der Waals surface area contributed by atoms with Gasteiger partial charge in [-0.3, -0.25) is 0 Å². The molecule has 20 heavy (non-hydrogen) atoms. The van der Waals surface area contributed by atoms with E-state index >= 15 is 0 Å². The molecule has 0 saturated carbocycles. The molecule has 1 N–H and O–H groups in total. The third-order valence-corrected chi connectivity index (χ3v) is 3.83. The number of methoxy groups -OCH3 is 1. The topological polar surface area (TPSA) is 38.3 Å². The number of carbonyl (C=O) groups is 1. The molecule has 3 nitrogen and oxygen atoms in total. The van der Waals surface area contributed by atoms with E-state index in [2.05, 4.69) is 29.6 Å². The second-order valence-corrected chi connectivity index (χ2v) is 5.55. The number of rotatable bonds is 6. The normalized spacial score (nSPS) is 12.1. The molecule has 0 spiro atoms. The highest BCUT2D eigenvalue weighted by Crippen LogP contribution is 2.20. The molecule has 0 unspecified atom stereocenters. The van der Waals surface area contributed by atoms with Crippen molar-refractivity contribution < 1.29 is 9.53 Å². The SMILES string of the molecule is COC(=O)[C@H](CCSC)Nc1ccc2ccccc2c1. The number of anilines is 1. The van der Waals surface area contributed by atoms with Gasteiger partial charge in [0.15, 0.2) is 0 Å². The Morgan fingerprint density at radius 3 is 2.70 bits per heavy atom. The van der Waals surface area contributed by atoms with Crippen LogP contribution in [-0.4, -0.2) is 31.1 Å². The van der Waals surface area contributed by atoms with Gasteiger partial charge in [0.05, 0.1) is 7.11 Å². The lowest BCUT2D eigenvalue weighted by Crippen LogP contribution is -2.31. The molecule has 2 aromatic carbocycles. The summed E-state index contributed by atoms with van der Waals surface area (Å²) in [6.45, 7) is 0. The van der Waals surface area contributed by atoms with Crippen LogP contribution < -0.4 is 5.32 Å². The number of hydrogen-bond acceptors (Lipinski definition) is 4. The van der Waals surface area contributed by atoms with E-state index in [0.29, 0.717) is 0 Å². The van der Waals surface area contributed by atoms with Crippen LogP contribution in [0.4, 0.5) is 5.69 Å². The van der Waals surface area contributed by atoms with Gasteiger partial charge >= 0.3 is 5.97 Å². The van der Waals surface area contributed by atoms with E-state index in [-0.39, 0.29) is 12.0 Å². The van der Waals surface area contributed by atoms with E-state index in [4.69, 9.17) is 4.74 Å². The molecule has 0 heterocycles. The van der Waals surface area contributed by atoms with Gasteiger partial charge in [0.1, 0.15) is 6.04 Å². The quantitative estimate of drug-likeness (QED) is 0.825. The Hall–Kier alpha value is -1.68. The Labute approximate surface area is 123 Å². The zero-order valence-electron chi connectivity index (χ0n) is 11.8. The summed E-state index contributed by atoms with van der Waals surface area (Å²) < 4.78 is 4.86. The molecule has 106 valence electrons. The average molecular weight is 289 g/mol. The van der Waals surface area contributed by atoms with Gasteiger partial charge in [-0.2, -0.15) is 11.8 Å². The fourth-order valence-corrected chi connectivity index (χ4v) is 2.58. The predicted octanol–water partition coefficient (Wildman–Crippen LogP) is 3.55. The van der Waals surface area contributed by atoms with Crippen LogP contribution in [0.3, 0.4) is 0 Å². The zero-order chi connectivity index (χ0) is 14.4. The molecule has 0 fully saturated rings. The summed E-state index contributed by atoms with van der Waals surface area (Å²) >= 11 is 1.72. The van der Waals surface area contributed by atoms with Crippen LogP contribution in [0.1, 0.15) is 6.42 Å². The Morgan fingerprint density at radius 2 is 2.00 bits per heavy atom. The Morgan fingerprint density at radius 1 is 1.25 bits per heavy atom. The predicted molar refractivity (Wildman–Crippen MR) is 86.4 cm³/mol. The molecular formula is C16H19NO2S. The average Bonchev–Trinajstić information content (AvgIpc) is 2.50. The van der Waals surface area contributed by atoms with Crippen LogP contribution >= 0.6 is 11.8 Å². The van der Waals surface area contributed by atoms with Gasteiger partial charge in [-0.25, -0.2) is 4.79 Å². The fourth-order valence-electron chi connectivity index (χ4n) is 2.11. The first kappa shape index (κ1) is 14.7. The minimum atomic E-state index is -0.298. The second-order valence-electron chi connectivity index (χ2n) is 4.56. The lowest BCUT2D eigenvalue weighted by molar-refractivity contribution is -0.141. The monoisotopic (exact) mass is 289 g/mol. The van der Waals surface area contributed by atoms with Crippen LogP contribution in [0.25, 0.3) is 10.8 Å². The van der Waals surface area contributed by atoms with Crippen LogP contribution in [-0.2, 0) is 9.53 Å². The van der Waals surface area contributed by atoms with E-state index in [1.54, 1.807) is 11.8 Å². The lowest BCUT2D eigenvalue weighted by Gasteiger charge is -2.17. The number of hydrogen-bond donors (Lipinski definition) is 1. The molecule has 0 bridgehead atoms. The standard InChI is InChI=1S/C16H19NO2S/c1-19-16(18)15(9-10-20-2)17-14-8-7-12-5-3-4-6-13(12)11-14/h3-8,11,15,17H,9-10H2,1-2H3/t15-/m0/s1. The molecule has 4 heteroatoms. The van der Waals surface area contributed by atoms with Crippen LogP contribution in [0.5, 0.6) is 0 Å². The van der Waals surface area contributed by atoms with Crippen molar-refractivity contribution in [1.29, 1.82) is 0 Å². The summed E-state index contributed by atoms with van der Waals surface area (Å²) in [6.07, 6.45) is 2.78. The molecule has 0 aliphatic heterocycles. The first-order valence-electron chi connectivity index (χ1n) is 6.56. The van der Waals surface area contributed by atoms with Crippen molar-refractivity contribution in [3.63, 3.8) is 0 Å². The highest BCUT2D eigenvalue weighted by Gasteiger charge is 2.18. The van der Waals surface area contributed by atoms with Gasteiger partial charge in [-0.15, -0.1) is 0 Å². The molecule has 2 rings (SSSR count). The fraction of sp³-hybridized carbons (Fsp3) is 0.312.